The second-order valence-electron chi connectivity index (χ2n) is 6.66. The summed E-state index contributed by atoms with van der Waals surface area (Å²) in [5, 5.41) is 2.27. The van der Waals surface area contributed by atoms with Crippen LogP contribution in [0.4, 0.5) is 18.9 Å². The molecule has 2 heterocycles. The third-order valence-corrected chi connectivity index (χ3v) is 4.55. The number of likely N-dealkylation sites (tertiary alicyclic amines) is 1. The van der Waals surface area contributed by atoms with Gasteiger partial charge in [-0.05, 0) is 31.9 Å². The molecule has 7 nitrogen and oxygen atoms in total. The molecule has 1 aromatic heterocycles. The second-order valence-corrected chi connectivity index (χ2v) is 6.66. The minimum atomic E-state index is -4.72. The Morgan fingerprint density at radius 2 is 2.04 bits per heavy atom. The van der Waals surface area contributed by atoms with Gasteiger partial charge >= 0.3 is 11.8 Å². The van der Waals surface area contributed by atoms with Crippen molar-refractivity contribution in [2.24, 2.45) is 5.73 Å². The van der Waals surface area contributed by atoms with E-state index in [1.807, 2.05) is 0 Å². The summed E-state index contributed by atoms with van der Waals surface area (Å²) in [5.74, 6) is -0.836. The largest absolute Gasteiger partial charge is 0.423 e. The van der Waals surface area contributed by atoms with Crippen LogP contribution in [0, 0.1) is 0 Å². The maximum absolute atomic E-state index is 13.1. The molecule has 2 atom stereocenters. The zero-order chi connectivity index (χ0) is 20.6. The zero-order valence-corrected chi connectivity index (χ0v) is 14.9. The number of hydrogen-bond donors (Lipinski definition) is 2. The Labute approximate surface area is 157 Å². The topological polar surface area (TPSA) is 106 Å². The van der Waals surface area contributed by atoms with E-state index in [0.717, 1.165) is 12.1 Å². The van der Waals surface area contributed by atoms with Crippen LogP contribution >= 0.6 is 0 Å². The van der Waals surface area contributed by atoms with Crippen LogP contribution in [0.5, 0.6) is 0 Å². The van der Waals surface area contributed by atoms with Gasteiger partial charge in [0, 0.05) is 29.8 Å². The Morgan fingerprint density at radius 3 is 2.68 bits per heavy atom. The van der Waals surface area contributed by atoms with Crippen molar-refractivity contribution in [2.75, 3.05) is 11.9 Å². The molecule has 0 aliphatic carbocycles. The fourth-order valence-corrected chi connectivity index (χ4v) is 3.27. The second kappa shape index (κ2) is 7.27. The first-order valence-corrected chi connectivity index (χ1v) is 8.60. The molecule has 0 radical (unpaired) electrons. The number of fused-ring (bicyclic) bond motifs is 1. The predicted octanol–water partition coefficient (Wildman–Crippen LogP) is 2.09. The highest BCUT2D eigenvalue weighted by Gasteiger charge is 2.36. The molecular weight excluding hydrogens is 379 g/mol. The van der Waals surface area contributed by atoms with Gasteiger partial charge in [0.25, 0.3) is 0 Å². The van der Waals surface area contributed by atoms with Crippen LogP contribution in [0.3, 0.4) is 0 Å². The molecular formula is C18H18F3N3O4. The van der Waals surface area contributed by atoms with Gasteiger partial charge in [-0.2, -0.15) is 13.2 Å². The first kappa shape index (κ1) is 19.9. The predicted molar refractivity (Wildman–Crippen MR) is 94.5 cm³/mol. The van der Waals surface area contributed by atoms with Gasteiger partial charge in [-0.1, -0.05) is 0 Å². The fraction of sp³-hybridized carbons (Fsp3) is 0.389. The Morgan fingerprint density at radius 1 is 1.32 bits per heavy atom. The summed E-state index contributed by atoms with van der Waals surface area (Å²) in [6, 6.07) is 2.47. The van der Waals surface area contributed by atoms with Gasteiger partial charge in [-0.15, -0.1) is 0 Å². The van der Waals surface area contributed by atoms with E-state index in [1.165, 1.54) is 17.9 Å². The lowest BCUT2D eigenvalue weighted by atomic mass is 10.1. The van der Waals surface area contributed by atoms with Crippen LogP contribution in [0.25, 0.3) is 11.0 Å². The van der Waals surface area contributed by atoms with Crippen molar-refractivity contribution in [3.8, 4) is 0 Å². The average molecular weight is 397 g/mol. The number of rotatable bonds is 3. The third kappa shape index (κ3) is 3.86. The number of carbonyl (C=O) groups excluding carboxylic acids is 2. The van der Waals surface area contributed by atoms with Gasteiger partial charge in [-0.25, -0.2) is 4.79 Å². The third-order valence-electron chi connectivity index (χ3n) is 4.55. The lowest BCUT2D eigenvalue weighted by Gasteiger charge is -2.25. The number of hydrogen-bond acceptors (Lipinski definition) is 5. The number of halogens is 3. The Balaban J connectivity index is 1.88. The van der Waals surface area contributed by atoms with Crippen LogP contribution in [0.2, 0.25) is 0 Å². The summed E-state index contributed by atoms with van der Waals surface area (Å²) in [7, 11) is 0. The molecule has 1 fully saturated rings. The highest BCUT2D eigenvalue weighted by molar-refractivity contribution is 5.99. The monoisotopic (exact) mass is 397 g/mol. The summed E-state index contributed by atoms with van der Waals surface area (Å²) in [5.41, 5.74) is 3.20. The van der Waals surface area contributed by atoms with Gasteiger partial charge in [0.2, 0.25) is 11.8 Å². The van der Waals surface area contributed by atoms with E-state index in [2.05, 4.69) is 5.32 Å². The van der Waals surface area contributed by atoms with Crippen molar-refractivity contribution in [1.82, 2.24) is 4.90 Å². The van der Waals surface area contributed by atoms with E-state index < -0.39 is 35.4 Å². The molecule has 1 aromatic carbocycles. The van der Waals surface area contributed by atoms with Crippen LogP contribution in [-0.4, -0.2) is 35.3 Å². The van der Waals surface area contributed by atoms with Crippen molar-refractivity contribution in [3.05, 3.63) is 40.2 Å². The molecule has 3 N–H and O–H groups in total. The van der Waals surface area contributed by atoms with E-state index in [0.29, 0.717) is 25.5 Å². The number of anilines is 1. The maximum Gasteiger partial charge on any atom is 0.417 e. The molecule has 1 aliphatic rings. The Bertz CT molecular complexity index is 984. The van der Waals surface area contributed by atoms with E-state index >= 15 is 0 Å². The molecule has 10 heteroatoms. The van der Waals surface area contributed by atoms with E-state index in [9.17, 15) is 27.6 Å². The highest BCUT2D eigenvalue weighted by atomic mass is 19.4. The number of nitrogens with zero attached hydrogens (tertiary/aromatic N) is 1. The Kier molecular flexibility index (Phi) is 5.16. The highest BCUT2D eigenvalue weighted by Crippen LogP contribution is 2.34. The van der Waals surface area contributed by atoms with Crippen LogP contribution in [0.1, 0.15) is 25.3 Å². The zero-order valence-electron chi connectivity index (χ0n) is 14.9. The van der Waals surface area contributed by atoms with Gasteiger partial charge in [-0.3, -0.25) is 9.59 Å². The van der Waals surface area contributed by atoms with Gasteiger partial charge in [0.15, 0.2) is 0 Å². The standard InChI is InChI=1S/C18H18F3N3O4/c1-9(22)17(27)24-6-2-3-13(24)16(26)23-10-4-5-11-12(18(19,20)21)8-15(25)28-14(11)7-10/h4-5,7-9,13H,2-3,6,22H2,1H3,(H,23,26)/t9-,13+/m1/s1. The minimum absolute atomic E-state index is 0.153. The van der Waals surface area contributed by atoms with E-state index in [4.69, 9.17) is 10.2 Å². The van der Waals surface area contributed by atoms with Gasteiger partial charge in [0.05, 0.1) is 11.6 Å². The summed E-state index contributed by atoms with van der Waals surface area (Å²) < 4.78 is 44.1. The molecule has 0 spiro atoms. The first-order valence-electron chi connectivity index (χ1n) is 8.60. The summed E-state index contributed by atoms with van der Waals surface area (Å²) in [6.07, 6.45) is -3.63. The number of benzene rings is 1. The van der Waals surface area contributed by atoms with Crippen molar-refractivity contribution in [1.29, 1.82) is 0 Å². The first-order chi connectivity index (χ1) is 13.1. The fourth-order valence-electron chi connectivity index (χ4n) is 3.27. The average Bonchev–Trinajstić information content (AvgIpc) is 3.08. The molecule has 0 bridgehead atoms. The number of nitrogens with one attached hydrogen (secondary N) is 1. The van der Waals surface area contributed by atoms with E-state index in [-0.39, 0.29) is 22.6 Å². The lowest BCUT2D eigenvalue weighted by molar-refractivity contribution is -0.137. The molecule has 2 amide bonds. The minimum Gasteiger partial charge on any atom is -0.423 e. The van der Waals surface area contributed by atoms with Crippen molar-refractivity contribution in [2.45, 2.75) is 38.0 Å². The quantitative estimate of drug-likeness (QED) is 0.772. The summed E-state index contributed by atoms with van der Waals surface area (Å²) in [4.78, 5) is 37.5. The number of nitrogens with two attached hydrogens (primary N) is 1. The van der Waals surface area contributed by atoms with Crippen LogP contribution in [-0.2, 0) is 15.8 Å². The molecule has 0 unspecified atom stereocenters. The lowest BCUT2D eigenvalue weighted by Crippen LogP contribution is -2.48. The van der Waals surface area contributed by atoms with Crippen molar-refractivity contribution < 1.29 is 27.2 Å². The molecule has 3 rings (SSSR count). The van der Waals surface area contributed by atoms with Gasteiger partial charge < -0.3 is 20.4 Å². The molecule has 28 heavy (non-hydrogen) atoms. The van der Waals surface area contributed by atoms with Crippen molar-refractivity contribution >= 4 is 28.5 Å². The van der Waals surface area contributed by atoms with Crippen LogP contribution in [0.15, 0.2) is 33.5 Å². The molecule has 2 aromatic rings. The smallest absolute Gasteiger partial charge is 0.417 e. The molecule has 0 saturated carbocycles. The number of alkyl halides is 3. The Hall–Kier alpha value is -2.88. The molecule has 150 valence electrons. The normalized spacial score (nSPS) is 18.3. The molecule has 1 aliphatic heterocycles. The summed E-state index contributed by atoms with van der Waals surface area (Å²) >= 11 is 0. The maximum atomic E-state index is 13.1. The van der Waals surface area contributed by atoms with E-state index in [1.54, 1.807) is 0 Å². The SMILES string of the molecule is C[C@@H](N)C(=O)N1CCC[C@H]1C(=O)Nc1ccc2c(C(F)(F)F)cc(=O)oc2c1. The van der Waals surface area contributed by atoms with Crippen LogP contribution < -0.4 is 16.7 Å². The summed E-state index contributed by atoms with van der Waals surface area (Å²) in [6.45, 7) is 1.93. The van der Waals surface area contributed by atoms with Gasteiger partial charge in [0.1, 0.15) is 11.6 Å². The number of amides is 2. The van der Waals surface area contributed by atoms with Crippen molar-refractivity contribution in [3.63, 3.8) is 0 Å². The molecule has 1 saturated heterocycles. The number of carbonyl (C=O) groups is 2.